The molecule has 0 spiro atoms. The summed E-state index contributed by atoms with van der Waals surface area (Å²) in [6, 6.07) is -0.968. The van der Waals surface area contributed by atoms with Gasteiger partial charge in [-0.15, -0.1) is 0 Å². The van der Waals surface area contributed by atoms with Crippen LogP contribution in [-0.2, 0) is 4.74 Å². The van der Waals surface area contributed by atoms with Crippen LogP contribution in [0.2, 0.25) is 0 Å². The van der Waals surface area contributed by atoms with Gasteiger partial charge < -0.3 is 20.1 Å². The molecule has 0 aromatic heterocycles. The van der Waals surface area contributed by atoms with Crippen LogP contribution < -0.4 is 0 Å². The van der Waals surface area contributed by atoms with Crippen molar-refractivity contribution in [2.75, 3.05) is 6.61 Å². The van der Waals surface area contributed by atoms with E-state index in [-0.39, 0.29) is 6.61 Å². The summed E-state index contributed by atoms with van der Waals surface area (Å²) in [6.07, 6.45) is -1.18. The van der Waals surface area contributed by atoms with Crippen LogP contribution in [0.25, 0.3) is 0 Å². The summed E-state index contributed by atoms with van der Waals surface area (Å²) in [5, 5.41) is 28.0. The maximum Gasteiger partial charge on any atom is 0.116 e. The quantitative estimate of drug-likeness (QED) is 0.415. The van der Waals surface area contributed by atoms with Gasteiger partial charge in [0, 0.05) is 6.00 Å². The lowest BCUT2D eigenvalue weighted by Gasteiger charge is -2.28. The molecule has 68 valence electrons. The second-order valence-corrected chi connectivity index (χ2v) is 3.64. The average molecular weight is 172 g/mol. The van der Waals surface area contributed by atoms with Crippen molar-refractivity contribution in [1.29, 1.82) is 0 Å². The van der Waals surface area contributed by atoms with E-state index in [9.17, 15) is 10.2 Å². The molecule has 1 rings (SSSR count). The molecule has 0 aliphatic carbocycles. The molecule has 12 heavy (non-hydrogen) atoms. The van der Waals surface area contributed by atoms with Gasteiger partial charge in [0.25, 0.3) is 0 Å². The van der Waals surface area contributed by atoms with Crippen molar-refractivity contribution in [2.24, 2.45) is 0 Å². The van der Waals surface area contributed by atoms with Gasteiger partial charge >= 0.3 is 0 Å². The lowest BCUT2D eigenvalue weighted by Crippen LogP contribution is -2.50. The van der Waals surface area contributed by atoms with Crippen LogP contribution in [0.4, 0.5) is 0 Å². The van der Waals surface area contributed by atoms with E-state index in [4.69, 9.17) is 17.7 Å². The molecule has 1 aliphatic heterocycles. The van der Waals surface area contributed by atoms with Crippen LogP contribution in [0.5, 0.6) is 0 Å². The van der Waals surface area contributed by atoms with Crippen molar-refractivity contribution in [3.63, 3.8) is 0 Å². The maximum atomic E-state index is 9.59. The number of rotatable bonds is 1. The number of aliphatic hydroxyl groups is 3. The van der Waals surface area contributed by atoms with Gasteiger partial charge in [-0.3, -0.25) is 0 Å². The third-order valence-electron chi connectivity index (χ3n) is 2.42. The van der Waals surface area contributed by atoms with E-state index in [1.54, 1.807) is 0 Å². The Hall–Kier alpha value is -0.0951. The molecule has 0 unspecified atom stereocenters. The van der Waals surface area contributed by atoms with Crippen molar-refractivity contribution in [1.82, 2.24) is 0 Å². The molecule has 3 N–H and O–H groups in total. The highest BCUT2D eigenvalue weighted by molar-refractivity contribution is 6.12. The monoisotopic (exact) mass is 172 g/mol. The average Bonchev–Trinajstić information content (AvgIpc) is 2.14. The van der Waals surface area contributed by atoms with Crippen molar-refractivity contribution in [3.8, 4) is 0 Å². The molecule has 4 nitrogen and oxygen atoms in total. The highest BCUT2D eigenvalue weighted by Gasteiger charge is 2.55. The van der Waals surface area contributed by atoms with E-state index >= 15 is 0 Å². The first kappa shape index (κ1) is 9.99. The van der Waals surface area contributed by atoms with E-state index in [0.717, 1.165) is 0 Å². The third kappa shape index (κ3) is 1.17. The van der Waals surface area contributed by atoms with E-state index in [2.05, 4.69) is 0 Å². The van der Waals surface area contributed by atoms with Gasteiger partial charge in [0.1, 0.15) is 25.2 Å². The Labute approximate surface area is 72.6 Å². The molecular formula is C7H13BO4. The summed E-state index contributed by atoms with van der Waals surface area (Å²) in [5.41, 5.74) is -2.67. The number of hydrogen-bond acceptors (Lipinski definition) is 4. The Morgan fingerprint density at radius 1 is 1.50 bits per heavy atom. The Morgan fingerprint density at radius 2 is 2.00 bits per heavy atom. The summed E-state index contributed by atoms with van der Waals surface area (Å²) >= 11 is 0. The van der Waals surface area contributed by atoms with Gasteiger partial charge in [-0.25, -0.2) is 0 Å². The molecule has 1 aliphatic rings. The maximum absolute atomic E-state index is 9.59. The summed E-state index contributed by atoms with van der Waals surface area (Å²) in [7, 11) is 5.41. The van der Waals surface area contributed by atoms with Crippen LogP contribution in [0.1, 0.15) is 13.8 Å². The summed E-state index contributed by atoms with van der Waals surface area (Å²) < 4.78 is 5.05. The number of aliphatic hydroxyl groups excluding tert-OH is 2. The zero-order valence-electron chi connectivity index (χ0n) is 7.19. The van der Waals surface area contributed by atoms with E-state index in [1.807, 2.05) is 0 Å². The van der Waals surface area contributed by atoms with E-state index < -0.39 is 23.3 Å². The summed E-state index contributed by atoms with van der Waals surface area (Å²) in [4.78, 5) is 0. The van der Waals surface area contributed by atoms with Crippen LogP contribution in [0.15, 0.2) is 0 Å². The van der Waals surface area contributed by atoms with E-state index in [1.165, 1.54) is 13.8 Å². The van der Waals surface area contributed by atoms with Gasteiger partial charge in [0.2, 0.25) is 0 Å². The first-order valence-corrected chi connectivity index (χ1v) is 3.79. The smallest absolute Gasteiger partial charge is 0.116 e. The lowest BCUT2D eigenvalue weighted by molar-refractivity contribution is -0.0937. The van der Waals surface area contributed by atoms with Crippen LogP contribution in [0.3, 0.4) is 0 Å². The molecule has 1 saturated heterocycles. The minimum absolute atomic E-state index is 0.377. The zero-order chi connectivity index (χ0) is 9.57. The van der Waals surface area contributed by atoms with Crippen LogP contribution in [0, 0.1) is 0 Å². The fourth-order valence-electron chi connectivity index (χ4n) is 1.37. The Morgan fingerprint density at radius 3 is 2.17 bits per heavy atom. The summed E-state index contributed by atoms with van der Waals surface area (Å²) in [6.45, 7) is 2.50. The zero-order valence-corrected chi connectivity index (χ0v) is 7.19. The molecule has 1 heterocycles. The molecular weight excluding hydrogens is 159 g/mol. The molecule has 2 radical (unpaired) electrons. The van der Waals surface area contributed by atoms with Crippen molar-refractivity contribution >= 4 is 7.85 Å². The predicted octanol–water partition coefficient (Wildman–Crippen LogP) is -1.63. The fourth-order valence-corrected chi connectivity index (χ4v) is 1.37. The van der Waals surface area contributed by atoms with Gasteiger partial charge in [-0.05, 0) is 13.8 Å². The minimum atomic E-state index is -1.50. The topological polar surface area (TPSA) is 69.9 Å². The molecule has 5 heteroatoms. The minimum Gasteiger partial charge on any atom is -0.393 e. The molecule has 0 saturated carbocycles. The van der Waals surface area contributed by atoms with E-state index in [0.29, 0.717) is 0 Å². The molecule has 0 aromatic rings. The molecule has 4 atom stereocenters. The highest BCUT2D eigenvalue weighted by atomic mass is 16.6. The van der Waals surface area contributed by atoms with Crippen molar-refractivity contribution in [3.05, 3.63) is 0 Å². The fraction of sp³-hybridized carbons (Fsp3) is 1.00. The normalized spacial score (nSPS) is 54.4. The Balaban J connectivity index is 2.90. The number of hydrogen-bond donors (Lipinski definition) is 3. The SMILES string of the molecule is [B][C@@H]1O[C@](C)(CO)[C@@H](O)[C@@]1(C)O. The largest absolute Gasteiger partial charge is 0.393 e. The standard InChI is InChI=1S/C7H13BO4/c1-6(3-9)4(10)7(2,11)5(8)12-6/h4-5,9-11H,3H2,1-2H3/t4-,5-,6-,7-/m1/s1. The molecule has 0 amide bonds. The highest BCUT2D eigenvalue weighted by Crippen LogP contribution is 2.36. The Kier molecular flexibility index (Phi) is 2.25. The lowest BCUT2D eigenvalue weighted by atomic mass is 9.80. The molecule has 0 bridgehead atoms. The summed E-state index contributed by atoms with van der Waals surface area (Å²) in [5.74, 6) is 0. The first-order valence-electron chi connectivity index (χ1n) is 3.79. The van der Waals surface area contributed by atoms with Crippen molar-refractivity contribution in [2.45, 2.75) is 37.2 Å². The van der Waals surface area contributed by atoms with Crippen LogP contribution in [-0.4, -0.2) is 53.1 Å². The molecule has 1 fully saturated rings. The molecule has 0 aromatic carbocycles. The second kappa shape index (κ2) is 2.70. The first-order chi connectivity index (χ1) is 5.34. The van der Waals surface area contributed by atoms with Crippen molar-refractivity contribution < 1.29 is 20.1 Å². The van der Waals surface area contributed by atoms with Crippen LogP contribution >= 0.6 is 0 Å². The van der Waals surface area contributed by atoms with Gasteiger partial charge in [0.15, 0.2) is 0 Å². The van der Waals surface area contributed by atoms with Gasteiger partial charge in [-0.2, -0.15) is 0 Å². The Bertz CT molecular complexity index is 184. The second-order valence-electron chi connectivity index (χ2n) is 3.64. The van der Waals surface area contributed by atoms with Gasteiger partial charge in [0.05, 0.1) is 6.61 Å². The third-order valence-corrected chi connectivity index (χ3v) is 2.42. The predicted molar refractivity (Wildman–Crippen MR) is 42.7 cm³/mol. The number of ether oxygens (including phenoxy) is 1. The van der Waals surface area contributed by atoms with Gasteiger partial charge in [-0.1, -0.05) is 0 Å².